The smallest absolute Gasteiger partial charge is 0.265 e. The second-order valence-electron chi connectivity index (χ2n) is 8.46. The Labute approximate surface area is 184 Å². The van der Waals surface area contributed by atoms with Crippen molar-refractivity contribution in [3.8, 4) is 0 Å². The van der Waals surface area contributed by atoms with Crippen molar-refractivity contribution in [1.29, 1.82) is 0 Å². The van der Waals surface area contributed by atoms with Crippen LogP contribution in [0.15, 0.2) is 36.5 Å². The van der Waals surface area contributed by atoms with Crippen LogP contribution in [-0.4, -0.2) is 25.7 Å². The first-order valence-corrected chi connectivity index (χ1v) is 10.7. The fourth-order valence-corrected chi connectivity index (χ4v) is 4.12. The van der Waals surface area contributed by atoms with E-state index in [4.69, 9.17) is 5.73 Å². The van der Waals surface area contributed by atoms with E-state index in [1.165, 1.54) is 16.2 Å². The zero-order chi connectivity index (χ0) is 22.3. The highest BCUT2D eigenvalue weighted by atomic mass is 32.1. The molecule has 4 aromatic rings. The van der Waals surface area contributed by atoms with E-state index in [0.29, 0.717) is 22.0 Å². The normalized spacial score (nSPS) is 11.6. The molecular formula is C22H25N7OS. The number of rotatable bonds is 4. The summed E-state index contributed by atoms with van der Waals surface area (Å²) in [6.07, 6.45) is 1.65. The van der Waals surface area contributed by atoms with Crippen molar-refractivity contribution in [1.82, 2.24) is 19.7 Å². The predicted molar refractivity (Wildman–Crippen MR) is 126 cm³/mol. The molecule has 0 saturated heterocycles. The van der Waals surface area contributed by atoms with Gasteiger partial charge in [-0.25, -0.2) is 9.67 Å². The maximum absolute atomic E-state index is 12.8. The lowest BCUT2D eigenvalue weighted by Gasteiger charge is -2.15. The third-order valence-corrected chi connectivity index (χ3v) is 6.43. The van der Waals surface area contributed by atoms with Gasteiger partial charge in [0.1, 0.15) is 0 Å². The number of aromatic nitrogens is 4. The average molecular weight is 436 g/mol. The molecule has 3 heterocycles. The van der Waals surface area contributed by atoms with Gasteiger partial charge in [0, 0.05) is 29.5 Å². The van der Waals surface area contributed by atoms with E-state index in [0.717, 1.165) is 16.6 Å². The second-order valence-corrected chi connectivity index (χ2v) is 9.54. The van der Waals surface area contributed by atoms with Crippen molar-refractivity contribution in [2.24, 2.45) is 7.05 Å². The summed E-state index contributed by atoms with van der Waals surface area (Å²) in [5, 5.41) is 11.6. The van der Waals surface area contributed by atoms with Gasteiger partial charge in [0.15, 0.2) is 11.5 Å². The molecule has 0 aliphatic heterocycles. The lowest BCUT2D eigenvalue weighted by atomic mass is 9.95. The molecule has 31 heavy (non-hydrogen) atoms. The SMILES string of the molecule is Cc1ccc(NC(=O)c2ccc(C(C)(C)C)s2)cc1Nc1nn(C)c2nc(N)ncc12. The van der Waals surface area contributed by atoms with E-state index in [-0.39, 0.29) is 17.3 Å². The third-order valence-electron chi connectivity index (χ3n) is 4.92. The topological polar surface area (TPSA) is 111 Å². The molecule has 9 heteroatoms. The number of carbonyl (C=O) groups is 1. The number of carbonyl (C=O) groups excluding carboxylic acids is 1. The van der Waals surface area contributed by atoms with Crippen LogP contribution in [0.2, 0.25) is 0 Å². The number of thiophene rings is 1. The van der Waals surface area contributed by atoms with E-state index < -0.39 is 0 Å². The lowest BCUT2D eigenvalue weighted by molar-refractivity contribution is 0.103. The monoisotopic (exact) mass is 435 g/mol. The number of nitrogens with one attached hydrogen (secondary N) is 2. The molecule has 0 unspecified atom stereocenters. The van der Waals surface area contributed by atoms with Crippen LogP contribution in [0.3, 0.4) is 0 Å². The first kappa shape index (κ1) is 20.8. The number of anilines is 4. The van der Waals surface area contributed by atoms with Crippen molar-refractivity contribution in [2.45, 2.75) is 33.1 Å². The molecule has 8 nitrogen and oxygen atoms in total. The minimum Gasteiger partial charge on any atom is -0.368 e. The molecule has 0 bridgehead atoms. The molecule has 0 aliphatic carbocycles. The largest absolute Gasteiger partial charge is 0.368 e. The van der Waals surface area contributed by atoms with Gasteiger partial charge >= 0.3 is 0 Å². The van der Waals surface area contributed by atoms with Crippen molar-refractivity contribution >= 4 is 51.4 Å². The summed E-state index contributed by atoms with van der Waals surface area (Å²) in [4.78, 5) is 22.9. The molecule has 0 aliphatic rings. The zero-order valence-electron chi connectivity index (χ0n) is 18.1. The van der Waals surface area contributed by atoms with Crippen LogP contribution >= 0.6 is 11.3 Å². The van der Waals surface area contributed by atoms with Crippen LogP contribution in [0.1, 0.15) is 40.9 Å². The highest BCUT2D eigenvalue weighted by Crippen LogP contribution is 2.31. The number of nitrogen functional groups attached to an aromatic ring is 1. The van der Waals surface area contributed by atoms with Gasteiger partial charge in [-0.3, -0.25) is 4.79 Å². The molecule has 160 valence electrons. The number of fused-ring (bicyclic) bond motifs is 1. The van der Waals surface area contributed by atoms with Gasteiger partial charge in [-0.2, -0.15) is 10.1 Å². The molecule has 0 radical (unpaired) electrons. The van der Waals surface area contributed by atoms with Crippen molar-refractivity contribution < 1.29 is 4.79 Å². The van der Waals surface area contributed by atoms with Gasteiger partial charge < -0.3 is 16.4 Å². The Hall–Kier alpha value is -3.46. The zero-order valence-corrected chi connectivity index (χ0v) is 19.0. The Morgan fingerprint density at radius 1 is 1.19 bits per heavy atom. The third kappa shape index (κ3) is 4.22. The van der Waals surface area contributed by atoms with E-state index in [9.17, 15) is 4.79 Å². The van der Waals surface area contributed by atoms with Gasteiger partial charge in [-0.05, 0) is 42.2 Å². The highest BCUT2D eigenvalue weighted by Gasteiger charge is 2.19. The van der Waals surface area contributed by atoms with Crippen LogP contribution in [0.25, 0.3) is 11.0 Å². The summed E-state index contributed by atoms with van der Waals surface area (Å²) in [7, 11) is 1.80. The Kier molecular flexibility index (Phi) is 5.14. The summed E-state index contributed by atoms with van der Waals surface area (Å²) in [5.74, 6) is 0.700. The Morgan fingerprint density at radius 3 is 2.68 bits per heavy atom. The molecule has 0 atom stereocenters. The van der Waals surface area contributed by atoms with Crippen LogP contribution < -0.4 is 16.4 Å². The van der Waals surface area contributed by atoms with Gasteiger partial charge in [0.25, 0.3) is 5.91 Å². The maximum Gasteiger partial charge on any atom is 0.265 e. The number of nitrogens with zero attached hydrogens (tertiary/aromatic N) is 4. The molecule has 0 fully saturated rings. The first-order valence-electron chi connectivity index (χ1n) is 9.86. The number of hydrogen-bond acceptors (Lipinski definition) is 7. The fraction of sp³-hybridized carbons (Fsp3) is 0.273. The molecule has 0 spiro atoms. The average Bonchev–Trinajstić information content (AvgIpc) is 3.30. The van der Waals surface area contributed by atoms with Gasteiger partial charge in [-0.1, -0.05) is 26.8 Å². The molecule has 3 aromatic heterocycles. The number of hydrogen-bond donors (Lipinski definition) is 3. The molecule has 0 saturated carbocycles. The Morgan fingerprint density at radius 2 is 1.97 bits per heavy atom. The predicted octanol–water partition coefficient (Wildman–Crippen LogP) is 4.61. The Balaban J connectivity index is 1.58. The van der Waals surface area contributed by atoms with Crippen LogP contribution in [0, 0.1) is 6.92 Å². The van der Waals surface area contributed by atoms with Gasteiger partial charge in [0.05, 0.1) is 10.3 Å². The number of aryl methyl sites for hydroxylation is 2. The number of nitrogens with two attached hydrogens (primary N) is 1. The molecule has 1 aromatic carbocycles. The number of amides is 1. The molecule has 4 rings (SSSR count). The molecular weight excluding hydrogens is 410 g/mol. The first-order chi connectivity index (χ1) is 14.6. The van der Waals surface area contributed by atoms with E-state index in [1.807, 2.05) is 37.3 Å². The van der Waals surface area contributed by atoms with Crippen molar-refractivity contribution in [2.75, 3.05) is 16.4 Å². The lowest BCUT2D eigenvalue weighted by Crippen LogP contribution is -2.11. The van der Waals surface area contributed by atoms with Crippen molar-refractivity contribution in [3.63, 3.8) is 0 Å². The van der Waals surface area contributed by atoms with Gasteiger partial charge in [0.2, 0.25) is 5.95 Å². The van der Waals surface area contributed by atoms with E-state index >= 15 is 0 Å². The molecule has 4 N–H and O–H groups in total. The quantitative estimate of drug-likeness (QED) is 0.432. The molecule has 1 amide bonds. The second kappa shape index (κ2) is 7.66. The minimum atomic E-state index is -0.123. The standard InChI is InChI=1S/C22H25N7OS/c1-12-6-7-13(25-20(30)16-8-9-17(31-16)22(2,3)4)10-15(12)26-18-14-11-24-21(23)27-19(14)29(5)28-18/h6-11H,1-5H3,(H,25,30)(H,26,28)(H2,23,24,27). The Bertz CT molecular complexity index is 1280. The fourth-order valence-electron chi connectivity index (χ4n) is 3.16. The summed E-state index contributed by atoms with van der Waals surface area (Å²) in [6, 6.07) is 9.62. The van der Waals surface area contributed by atoms with E-state index in [1.54, 1.807) is 17.9 Å². The van der Waals surface area contributed by atoms with Crippen LogP contribution in [-0.2, 0) is 12.5 Å². The van der Waals surface area contributed by atoms with Crippen LogP contribution in [0.4, 0.5) is 23.1 Å². The summed E-state index contributed by atoms with van der Waals surface area (Å²) < 4.78 is 1.65. The van der Waals surface area contributed by atoms with E-state index in [2.05, 4.69) is 46.5 Å². The highest BCUT2D eigenvalue weighted by molar-refractivity contribution is 7.14. The summed E-state index contributed by atoms with van der Waals surface area (Å²) >= 11 is 1.52. The minimum absolute atomic E-state index is 0.0178. The maximum atomic E-state index is 12.8. The van der Waals surface area contributed by atoms with Crippen molar-refractivity contribution in [3.05, 3.63) is 51.8 Å². The number of benzene rings is 1. The summed E-state index contributed by atoms with van der Waals surface area (Å²) in [6.45, 7) is 8.40. The van der Waals surface area contributed by atoms with Crippen LogP contribution in [0.5, 0.6) is 0 Å². The summed E-state index contributed by atoms with van der Waals surface area (Å²) in [5.41, 5.74) is 8.90. The van der Waals surface area contributed by atoms with Gasteiger partial charge in [-0.15, -0.1) is 11.3 Å².